The zero-order chi connectivity index (χ0) is 20.5. The number of halogens is 3. The number of nitrogens with zero attached hydrogens (tertiary/aromatic N) is 2. The van der Waals surface area contributed by atoms with Crippen LogP contribution in [0.5, 0.6) is 5.75 Å². The van der Waals surface area contributed by atoms with Crippen molar-refractivity contribution in [2.24, 2.45) is 4.99 Å². The molecular formula is C17H15Cl3N2O5S. The number of aliphatic imine (C=N–C) groups is 1. The van der Waals surface area contributed by atoms with Crippen molar-refractivity contribution in [1.29, 1.82) is 0 Å². The maximum atomic E-state index is 12.4. The summed E-state index contributed by atoms with van der Waals surface area (Å²) >= 11 is 18.0. The predicted octanol–water partition coefficient (Wildman–Crippen LogP) is 2.62. The smallest absolute Gasteiger partial charge is 0.336 e. The van der Waals surface area contributed by atoms with Gasteiger partial charge in [0.1, 0.15) is 29.4 Å². The maximum absolute atomic E-state index is 12.4. The van der Waals surface area contributed by atoms with Gasteiger partial charge in [0.05, 0.1) is 0 Å². The minimum Gasteiger partial charge on any atom is -0.487 e. The van der Waals surface area contributed by atoms with Gasteiger partial charge >= 0.3 is 5.97 Å². The summed E-state index contributed by atoms with van der Waals surface area (Å²) in [6.07, 6.45) is 0. The molecule has 0 spiro atoms. The van der Waals surface area contributed by atoms with Gasteiger partial charge in [-0.25, -0.2) is 4.79 Å². The van der Waals surface area contributed by atoms with Crippen molar-refractivity contribution in [3.63, 3.8) is 0 Å². The highest BCUT2D eigenvalue weighted by Gasteiger charge is 2.57. The minimum absolute atomic E-state index is 0.186. The molecule has 0 radical (unpaired) electrons. The molecule has 0 saturated carbocycles. The molecule has 1 fully saturated rings. The van der Waals surface area contributed by atoms with Gasteiger partial charge in [0, 0.05) is 0 Å². The number of ether oxygens (including phenoxy) is 2. The molecule has 0 bridgehead atoms. The Bertz CT molecular complexity index is 815. The molecule has 0 aliphatic carbocycles. The van der Waals surface area contributed by atoms with Crippen LogP contribution >= 0.6 is 46.6 Å². The first-order valence-electron chi connectivity index (χ1n) is 8.14. The topological polar surface area (TPSA) is 85.3 Å². The van der Waals surface area contributed by atoms with E-state index in [1.165, 1.54) is 18.7 Å². The molecule has 1 aromatic carbocycles. The minimum atomic E-state index is -1.81. The lowest BCUT2D eigenvalue weighted by Gasteiger charge is -2.44. The van der Waals surface area contributed by atoms with E-state index in [4.69, 9.17) is 44.3 Å². The van der Waals surface area contributed by atoms with Crippen molar-refractivity contribution in [3.05, 3.63) is 30.3 Å². The van der Waals surface area contributed by atoms with Gasteiger partial charge in [-0.2, -0.15) is 0 Å². The molecule has 11 heteroatoms. The van der Waals surface area contributed by atoms with Crippen LogP contribution in [0.15, 0.2) is 35.3 Å². The van der Waals surface area contributed by atoms with Crippen LogP contribution in [0.2, 0.25) is 0 Å². The van der Waals surface area contributed by atoms with Gasteiger partial charge < -0.3 is 14.4 Å². The van der Waals surface area contributed by atoms with Crippen LogP contribution in [0.4, 0.5) is 0 Å². The van der Waals surface area contributed by atoms with E-state index < -0.39 is 45.5 Å². The predicted molar refractivity (Wildman–Crippen MR) is 107 cm³/mol. The van der Waals surface area contributed by atoms with Gasteiger partial charge in [-0.1, -0.05) is 64.8 Å². The van der Waals surface area contributed by atoms with Gasteiger partial charge in [-0.3, -0.25) is 14.6 Å². The summed E-state index contributed by atoms with van der Waals surface area (Å²) in [5.74, 6) is -1.25. The number of ketones is 1. The van der Waals surface area contributed by atoms with Crippen molar-refractivity contribution in [1.82, 2.24) is 4.90 Å². The Kier molecular flexibility index (Phi) is 6.44. The second-order valence-corrected chi connectivity index (χ2v) is 9.77. The number of likely N-dealkylation sites (tertiary alicyclic amines) is 1. The third kappa shape index (κ3) is 4.74. The SMILES string of the molecule is CC(=O)C(C(=O)OCC(Cl)(Cl)Cl)N1C(=O)C2N=C(COc3ccccc3)SC21. The zero-order valence-electron chi connectivity index (χ0n) is 14.5. The highest BCUT2D eigenvalue weighted by molar-refractivity contribution is 8.15. The fourth-order valence-electron chi connectivity index (χ4n) is 2.75. The van der Waals surface area contributed by atoms with Crippen molar-refractivity contribution >= 4 is 69.3 Å². The number of hydrogen-bond acceptors (Lipinski definition) is 7. The molecule has 3 unspecified atom stereocenters. The number of Topliss-reactive ketones (excluding diaryl/α,β-unsaturated/α-hetero) is 1. The van der Waals surface area contributed by atoms with E-state index in [-0.39, 0.29) is 6.61 Å². The van der Waals surface area contributed by atoms with E-state index in [1.54, 1.807) is 12.1 Å². The Morgan fingerprint density at radius 2 is 1.96 bits per heavy atom. The summed E-state index contributed by atoms with van der Waals surface area (Å²) in [6, 6.07) is 7.11. The van der Waals surface area contributed by atoms with Gasteiger partial charge in [-0.15, -0.1) is 0 Å². The van der Waals surface area contributed by atoms with Gasteiger partial charge in [0.25, 0.3) is 5.91 Å². The number of rotatable bonds is 7. The molecule has 0 N–H and O–H groups in total. The molecule has 2 heterocycles. The number of amides is 1. The van der Waals surface area contributed by atoms with Crippen molar-refractivity contribution < 1.29 is 23.9 Å². The van der Waals surface area contributed by atoms with E-state index in [1.807, 2.05) is 18.2 Å². The quantitative estimate of drug-likeness (QED) is 0.266. The number of benzene rings is 1. The molecule has 1 amide bonds. The lowest BCUT2D eigenvalue weighted by molar-refractivity contribution is -0.165. The fourth-order valence-corrected chi connectivity index (χ4v) is 4.14. The summed E-state index contributed by atoms with van der Waals surface area (Å²) in [5, 5.41) is 0.128. The summed E-state index contributed by atoms with van der Waals surface area (Å²) in [5.41, 5.74) is 0. The fraction of sp³-hybridized carbons (Fsp3) is 0.412. The van der Waals surface area contributed by atoms with Crippen LogP contribution in [-0.4, -0.2) is 62.1 Å². The maximum Gasteiger partial charge on any atom is 0.336 e. The summed E-state index contributed by atoms with van der Waals surface area (Å²) in [4.78, 5) is 42.2. The highest BCUT2D eigenvalue weighted by Crippen LogP contribution is 2.41. The van der Waals surface area contributed by atoms with E-state index in [2.05, 4.69) is 4.99 Å². The number of carbonyl (C=O) groups excluding carboxylic acids is 3. The molecule has 1 saturated heterocycles. The monoisotopic (exact) mass is 464 g/mol. The molecule has 0 aromatic heterocycles. The average Bonchev–Trinajstić information content (AvgIpc) is 3.01. The van der Waals surface area contributed by atoms with Crippen LogP contribution in [0.3, 0.4) is 0 Å². The number of hydrogen-bond donors (Lipinski definition) is 0. The van der Waals surface area contributed by atoms with Crippen molar-refractivity contribution in [2.75, 3.05) is 13.2 Å². The third-order valence-corrected chi connectivity index (χ3v) is 5.51. The van der Waals surface area contributed by atoms with E-state index in [9.17, 15) is 14.4 Å². The summed E-state index contributed by atoms with van der Waals surface area (Å²) < 4.78 is 8.71. The zero-order valence-corrected chi connectivity index (χ0v) is 17.6. The lowest BCUT2D eigenvalue weighted by atomic mass is 10.0. The second kappa shape index (κ2) is 8.49. The molecule has 3 atom stereocenters. The number of fused-ring (bicyclic) bond motifs is 1. The number of para-hydroxylation sites is 1. The standard InChI is InChI=1S/C17H15Cl3N2O5S/c1-9(23)13(16(25)27-8-17(18,19)20)22-14(24)12-15(22)28-11(21-12)7-26-10-5-3-2-4-6-10/h2-6,12-13,15H,7-8H2,1H3. The number of carbonyl (C=O) groups is 3. The Morgan fingerprint density at radius 1 is 1.29 bits per heavy atom. The number of esters is 1. The van der Waals surface area contributed by atoms with E-state index >= 15 is 0 Å². The largest absolute Gasteiger partial charge is 0.487 e. The first-order chi connectivity index (χ1) is 13.2. The van der Waals surface area contributed by atoms with Crippen LogP contribution in [0, 0.1) is 0 Å². The highest BCUT2D eigenvalue weighted by atomic mass is 35.6. The molecular weight excluding hydrogens is 451 g/mol. The molecule has 7 nitrogen and oxygen atoms in total. The van der Waals surface area contributed by atoms with Crippen molar-refractivity contribution in [3.8, 4) is 5.75 Å². The molecule has 1 aromatic rings. The number of β-lactam (4-membered cyclic amide) rings is 1. The normalized spacial score (nSPS) is 22.1. The van der Waals surface area contributed by atoms with Crippen molar-refractivity contribution in [2.45, 2.75) is 28.2 Å². The summed E-state index contributed by atoms with van der Waals surface area (Å²) in [7, 11) is 0. The second-order valence-electron chi connectivity index (χ2n) is 6.06. The Hall–Kier alpha value is -1.48. The Labute approximate surface area is 180 Å². The molecule has 28 heavy (non-hydrogen) atoms. The summed E-state index contributed by atoms with van der Waals surface area (Å²) in [6.45, 7) is 0.850. The first kappa shape index (κ1) is 21.2. The van der Waals surface area contributed by atoms with Gasteiger partial charge in [0.15, 0.2) is 17.9 Å². The average molecular weight is 466 g/mol. The lowest BCUT2D eigenvalue weighted by Crippen LogP contribution is -2.67. The van der Waals surface area contributed by atoms with Gasteiger partial charge in [-0.05, 0) is 19.1 Å². The van der Waals surface area contributed by atoms with Crippen LogP contribution in [0.1, 0.15) is 6.92 Å². The van der Waals surface area contributed by atoms with E-state index in [0.29, 0.717) is 10.8 Å². The number of alkyl halides is 3. The molecule has 150 valence electrons. The third-order valence-electron chi connectivity index (χ3n) is 3.96. The van der Waals surface area contributed by atoms with Crippen LogP contribution < -0.4 is 4.74 Å². The molecule has 3 rings (SSSR count). The molecule has 2 aliphatic heterocycles. The Morgan fingerprint density at radius 3 is 2.57 bits per heavy atom. The first-order valence-corrected chi connectivity index (χ1v) is 10.2. The van der Waals surface area contributed by atoms with Gasteiger partial charge in [0.2, 0.25) is 3.79 Å². The molecule has 2 aliphatic rings. The van der Waals surface area contributed by atoms with E-state index in [0.717, 1.165) is 4.90 Å². The van der Waals surface area contributed by atoms with Crippen LogP contribution in [0.25, 0.3) is 0 Å². The van der Waals surface area contributed by atoms with Crippen LogP contribution in [-0.2, 0) is 19.1 Å². The number of thioether (sulfide) groups is 1. The Balaban J connectivity index is 1.62.